The lowest BCUT2D eigenvalue weighted by Gasteiger charge is -2.24. The summed E-state index contributed by atoms with van der Waals surface area (Å²) in [6, 6.07) is 8.75. The standard InChI is InChI=1S/C21H16F4N4O2/c1-11-18(12-5-7-14(22)8-6-12)28-29-16(10-17(30)27-19(11)29)20(31)26-15-4-2-3-13(9-15)21(23,24)25/h2-9,16H,10H2,1H3,(H,26,31)(H,27,30)/t16-/m0/s1. The van der Waals surface area contributed by atoms with Crippen LogP contribution in [0.2, 0.25) is 0 Å². The number of fused-ring (bicyclic) bond motifs is 1. The maximum atomic E-state index is 13.3. The quantitative estimate of drug-likeness (QED) is 0.597. The SMILES string of the molecule is Cc1c(-c2ccc(F)cc2)nn2c1NC(=O)C[C@H]2C(=O)Nc1cccc(C(F)(F)F)c1. The average molecular weight is 432 g/mol. The van der Waals surface area contributed by atoms with Crippen LogP contribution in [0.25, 0.3) is 11.3 Å². The second-order valence-electron chi connectivity index (χ2n) is 7.11. The van der Waals surface area contributed by atoms with Gasteiger partial charge in [0.15, 0.2) is 0 Å². The van der Waals surface area contributed by atoms with E-state index in [-0.39, 0.29) is 12.1 Å². The van der Waals surface area contributed by atoms with Crippen molar-refractivity contribution in [2.75, 3.05) is 10.6 Å². The Morgan fingerprint density at radius 3 is 2.58 bits per heavy atom. The molecule has 3 aromatic rings. The first-order chi connectivity index (χ1) is 14.6. The molecular formula is C21H16F4N4O2. The van der Waals surface area contributed by atoms with Crippen molar-refractivity contribution in [3.63, 3.8) is 0 Å². The minimum Gasteiger partial charge on any atom is -0.324 e. The maximum Gasteiger partial charge on any atom is 0.416 e. The van der Waals surface area contributed by atoms with Crippen LogP contribution in [0.5, 0.6) is 0 Å². The van der Waals surface area contributed by atoms with E-state index in [2.05, 4.69) is 15.7 Å². The van der Waals surface area contributed by atoms with Gasteiger partial charge in [-0.2, -0.15) is 18.3 Å². The number of carbonyl (C=O) groups excluding carboxylic acids is 2. The molecule has 10 heteroatoms. The summed E-state index contributed by atoms with van der Waals surface area (Å²) in [4.78, 5) is 25.0. The smallest absolute Gasteiger partial charge is 0.324 e. The predicted octanol–water partition coefficient (Wildman–Crippen LogP) is 4.54. The van der Waals surface area contributed by atoms with E-state index >= 15 is 0 Å². The average Bonchev–Trinajstić information content (AvgIpc) is 3.04. The zero-order valence-corrected chi connectivity index (χ0v) is 16.1. The van der Waals surface area contributed by atoms with Crippen LogP contribution in [0.3, 0.4) is 0 Å². The number of rotatable bonds is 3. The topological polar surface area (TPSA) is 76.0 Å². The zero-order chi connectivity index (χ0) is 22.3. The van der Waals surface area contributed by atoms with Crippen LogP contribution in [0.4, 0.5) is 29.1 Å². The number of nitrogens with one attached hydrogen (secondary N) is 2. The molecule has 6 nitrogen and oxygen atoms in total. The molecule has 0 saturated heterocycles. The third-order valence-corrected chi connectivity index (χ3v) is 4.96. The van der Waals surface area contributed by atoms with Crippen molar-refractivity contribution in [2.45, 2.75) is 25.6 Å². The molecule has 1 aromatic heterocycles. The molecule has 0 saturated carbocycles. The summed E-state index contributed by atoms with van der Waals surface area (Å²) in [6.45, 7) is 1.70. The molecule has 0 aliphatic carbocycles. The van der Waals surface area contributed by atoms with Gasteiger partial charge < -0.3 is 10.6 Å². The molecule has 0 fully saturated rings. The molecule has 0 bridgehead atoms. The van der Waals surface area contributed by atoms with E-state index < -0.39 is 35.4 Å². The lowest BCUT2D eigenvalue weighted by atomic mass is 10.1. The van der Waals surface area contributed by atoms with E-state index in [1.807, 2.05) is 0 Å². The summed E-state index contributed by atoms with van der Waals surface area (Å²) in [6.07, 6.45) is -4.79. The van der Waals surface area contributed by atoms with Crippen molar-refractivity contribution in [2.24, 2.45) is 0 Å². The third kappa shape index (κ3) is 4.00. The molecule has 0 spiro atoms. The van der Waals surface area contributed by atoms with E-state index in [1.165, 1.54) is 41.1 Å². The number of alkyl halides is 3. The molecule has 4 rings (SSSR count). The van der Waals surface area contributed by atoms with Crippen molar-refractivity contribution in [3.05, 3.63) is 65.5 Å². The first kappa shape index (κ1) is 20.6. The molecule has 2 N–H and O–H groups in total. The van der Waals surface area contributed by atoms with Crippen molar-refractivity contribution < 1.29 is 27.2 Å². The number of amides is 2. The van der Waals surface area contributed by atoms with Crippen LogP contribution >= 0.6 is 0 Å². The summed E-state index contributed by atoms with van der Waals surface area (Å²) < 4.78 is 53.4. The molecule has 0 radical (unpaired) electrons. The molecule has 1 atom stereocenters. The Labute approximate surface area is 173 Å². The Bertz CT molecular complexity index is 1170. The highest BCUT2D eigenvalue weighted by Crippen LogP contribution is 2.35. The number of carbonyl (C=O) groups is 2. The summed E-state index contributed by atoms with van der Waals surface area (Å²) in [5.41, 5.74) is 0.675. The van der Waals surface area contributed by atoms with Crippen LogP contribution in [-0.2, 0) is 15.8 Å². The fraction of sp³-hybridized carbons (Fsp3) is 0.190. The number of halogens is 4. The molecule has 0 unspecified atom stereocenters. The number of anilines is 2. The van der Waals surface area contributed by atoms with E-state index in [0.717, 1.165) is 12.1 Å². The minimum atomic E-state index is -4.55. The zero-order valence-electron chi connectivity index (χ0n) is 16.1. The number of benzene rings is 2. The van der Waals surface area contributed by atoms with Gasteiger partial charge >= 0.3 is 6.18 Å². The van der Waals surface area contributed by atoms with Crippen molar-refractivity contribution >= 4 is 23.3 Å². The highest BCUT2D eigenvalue weighted by Gasteiger charge is 2.35. The summed E-state index contributed by atoms with van der Waals surface area (Å²) >= 11 is 0. The second-order valence-corrected chi connectivity index (χ2v) is 7.11. The van der Waals surface area contributed by atoms with Crippen molar-refractivity contribution in [1.29, 1.82) is 0 Å². The molecule has 2 aromatic carbocycles. The number of aromatic nitrogens is 2. The Morgan fingerprint density at radius 1 is 1.19 bits per heavy atom. The van der Waals surface area contributed by atoms with Crippen LogP contribution in [0, 0.1) is 12.7 Å². The van der Waals surface area contributed by atoms with Gasteiger partial charge in [-0.15, -0.1) is 0 Å². The highest BCUT2D eigenvalue weighted by atomic mass is 19.4. The van der Waals surface area contributed by atoms with E-state index in [9.17, 15) is 27.2 Å². The van der Waals surface area contributed by atoms with E-state index in [0.29, 0.717) is 22.6 Å². The van der Waals surface area contributed by atoms with Gasteiger partial charge in [0.2, 0.25) is 11.8 Å². The van der Waals surface area contributed by atoms with Gasteiger partial charge in [0.25, 0.3) is 0 Å². The molecule has 1 aliphatic heterocycles. The lowest BCUT2D eigenvalue weighted by Crippen LogP contribution is -2.36. The maximum absolute atomic E-state index is 13.3. The Kier molecular flexibility index (Phi) is 5.00. The van der Waals surface area contributed by atoms with Crippen LogP contribution in [0.15, 0.2) is 48.5 Å². The molecule has 31 heavy (non-hydrogen) atoms. The normalized spacial score (nSPS) is 15.9. The number of hydrogen-bond acceptors (Lipinski definition) is 3. The van der Waals surface area contributed by atoms with Gasteiger partial charge in [0.05, 0.1) is 17.7 Å². The van der Waals surface area contributed by atoms with Gasteiger partial charge in [0.1, 0.15) is 17.7 Å². The monoisotopic (exact) mass is 432 g/mol. The van der Waals surface area contributed by atoms with Gasteiger partial charge in [-0.1, -0.05) is 6.07 Å². The van der Waals surface area contributed by atoms with Crippen LogP contribution < -0.4 is 10.6 Å². The molecule has 160 valence electrons. The van der Waals surface area contributed by atoms with Gasteiger partial charge in [-0.3, -0.25) is 9.59 Å². The largest absolute Gasteiger partial charge is 0.416 e. The summed E-state index contributed by atoms with van der Waals surface area (Å²) in [5, 5.41) is 9.52. The van der Waals surface area contributed by atoms with Crippen molar-refractivity contribution in [1.82, 2.24) is 9.78 Å². The first-order valence-corrected chi connectivity index (χ1v) is 9.26. The highest BCUT2D eigenvalue weighted by molar-refractivity contribution is 6.02. The number of hydrogen-bond donors (Lipinski definition) is 2. The van der Waals surface area contributed by atoms with Crippen LogP contribution in [-0.4, -0.2) is 21.6 Å². The van der Waals surface area contributed by atoms with Crippen molar-refractivity contribution in [3.8, 4) is 11.3 Å². The second kappa shape index (κ2) is 7.53. The summed E-state index contributed by atoms with van der Waals surface area (Å²) in [5.74, 6) is -1.22. The lowest BCUT2D eigenvalue weighted by molar-refractivity contribution is -0.137. The fourth-order valence-corrected chi connectivity index (χ4v) is 3.42. The fourth-order valence-electron chi connectivity index (χ4n) is 3.42. The first-order valence-electron chi connectivity index (χ1n) is 9.26. The van der Waals surface area contributed by atoms with Crippen LogP contribution in [0.1, 0.15) is 23.6 Å². The third-order valence-electron chi connectivity index (χ3n) is 4.96. The Balaban J connectivity index is 1.66. The van der Waals surface area contributed by atoms with Gasteiger partial charge in [-0.05, 0) is 49.4 Å². The molecular weight excluding hydrogens is 416 g/mol. The molecule has 2 amide bonds. The molecule has 2 heterocycles. The summed E-state index contributed by atoms with van der Waals surface area (Å²) in [7, 11) is 0. The Morgan fingerprint density at radius 2 is 1.90 bits per heavy atom. The minimum absolute atomic E-state index is 0.0463. The van der Waals surface area contributed by atoms with E-state index in [1.54, 1.807) is 6.92 Å². The molecule has 1 aliphatic rings. The Hall–Kier alpha value is -3.69. The van der Waals surface area contributed by atoms with Gasteiger partial charge in [0, 0.05) is 16.8 Å². The van der Waals surface area contributed by atoms with Gasteiger partial charge in [-0.25, -0.2) is 9.07 Å². The number of nitrogens with zero attached hydrogens (tertiary/aromatic N) is 2. The predicted molar refractivity (Wildman–Crippen MR) is 105 cm³/mol. The van der Waals surface area contributed by atoms with E-state index in [4.69, 9.17) is 0 Å².